The van der Waals surface area contributed by atoms with Crippen LogP contribution in [0.5, 0.6) is 0 Å². The summed E-state index contributed by atoms with van der Waals surface area (Å²) in [5.41, 5.74) is 4.03. The van der Waals surface area contributed by atoms with E-state index in [2.05, 4.69) is 20.5 Å². The van der Waals surface area contributed by atoms with E-state index in [0.717, 1.165) is 47.1 Å². The van der Waals surface area contributed by atoms with Gasteiger partial charge in [0.25, 0.3) is 0 Å². The van der Waals surface area contributed by atoms with E-state index in [9.17, 15) is 4.79 Å². The highest BCUT2D eigenvalue weighted by Crippen LogP contribution is 2.28. The van der Waals surface area contributed by atoms with E-state index in [-0.39, 0.29) is 5.91 Å². The number of benzene rings is 1. The molecule has 0 saturated heterocycles. The molecule has 0 unspecified atom stereocenters. The molecule has 0 atom stereocenters. The number of fused-ring (bicyclic) bond motifs is 1. The van der Waals surface area contributed by atoms with Crippen LogP contribution in [0.4, 0.5) is 11.5 Å². The summed E-state index contributed by atoms with van der Waals surface area (Å²) in [6, 6.07) is 7.85. The lowest BCUT2D eigenvalue weighted by atomic mass is 10.1. The number of nitrogens with zero attached hydrogens (tertiary/aromatic N) is 3. The highest BCUT2D eigenvalue weighted by atomic mass is 16.3. The molecule has 0 radical (unpaired) electrons. The highest BCUT2D eigenvalue weighted by molar-refractivity contribution is 5.74. The van der Waals surface area contributed by atoms with E-state index in [0.29, 0.717) is 6.54 Å². The van der Waals surface area contributed by atoms with Crippen LogP contribution in [0, 0.1) is 0 Å². The van der Waals surface area contributed by atoms with Gasteiger partial charge in [-0.15, -0.1) is 0 Å². The predicted octanol–water partition coefficient (Wildman–Crippen LogP) is 2.71. The molecule has 24 heavy (non-hydrogen) atoms. The lowest BCUT2D eigenvalue weighted by molar-refractivity contribution is -0.129. The van der Waals surface area contributed by atoms with Crippen molar-refractivity contribution >= 4 is 17.4 Å². The lowest BCUT2D eigenvalue weighted by Crippen LogP contribution is -2.34. The van der Waals surface area contributed by atoms with Crippen LogP contribution in [0.3, 0.4) is 0 Å². The Kier molecular flexibility index (Phi) is 3.53. The molecule has 2 N–H and O–H groups in total. The monoisotopic (exact) mass is 323 g/mol. The number of carbonyl (C=O) groups is 1. The SMILES string of the molecule is CC(=O)N1CCc2[nH]nc(Nc3ccc(-c4cnco4)cc3)c2C1. The Morgan fingerprint density at radius 3 is 2.88 bits per heavy atom. The first-order valence-corrected chi connectivity index (χ1v) is 7.78. The molecule has 0 bridgehead atoms. The molecule has 3 aromatic rings. The number of nitrogens with one attached hydrogen (secondary N) is 2. The van der Waals surface area contributed by atoms with Gasteiger partial charge in [-0.3, -0.25) is 9.89 Å². The van der Waals surface area contributed by atoms with Crippen molar-refractivity contribution in [2.75, 3.05) is 11.9 Å². The van der Waals surface area contributed by atoms with E-state index < -0.39 is 0 Å². The van der Waals surface area contributed by atoms with Gasteiger partial charge in [-0.05, 0) is 24.3 Å². The minimum absolute atomic E-state index is 0.0872. The Morgan fingerprint density at radius 2 is 2.17 bits per heavy atom. The molecule has 1 aliphatic heterocycles. The molecule has 2 aromatic heterocycles. The summed E-state index contributed by atoms with van der Waals surface area (Å²) in [6.07, 6.45) is 3.90. The van der Waals surface area contributed by atoms with Gasteiger partial charge < -0.3 is 14.6 Å². The van der Waals surface area contributed by atoms with Crippen LogP contribution < -0.4 is 5.32 Å². The number of hydrogen-bond donors (Lipinski definition) is 2. The number of hydrogen-bond acceptors (Lipinski definition) is 5. The van der Waals surface area contributed by atoms with Crippen molar-refractivity contribution in [3.05, 3.63) is 48.1 Å². The average molecular weight is 323 g/mol. The molecule has 0 spiro atoms. The Hall–Kier alpha value is -3.09. The van der Waals surface area contributed by atoms with Crippen molar-refractivity contribution < 1.29 is 9.21 Å². The van der Waals surface area contributed by atoms with Crippen LogP contribution >= 0.6 is 0 Å². The van der Waals surface area contributed by atoms with Gasteiger partial charge in [0.1, 0.15) is 0 Å². The van der Waals surface area contributed by atoms with Crippen molar-refractivity contribution in [3.8, 4) is 11.3 Å². The fourth-order valence-corrected chi connectivity index (χ4v) is 2.88. The number of H-pyrrole nitrogens is 1. The zero-order chi connectivity index (χ0) is 16.5. The van der Waals surface area contributed by atoms with Gasteiger partial charge in [0.2, 0.25) is 5.91 Å². The first-order valence-electron chi connectivity index (χ1n) is 7.78. The lowest BCUT2D eigenvalue weighted by Gasteiger charge is -2.25. The topological polar surface area (TPSA) is 87.0 Å². The number of rotatable bonds is 3. The van der Waals surface area contributed by atoms with Crippen molar-refractivity contribution in [2.45, 2.75) is 19.9 Å². The summed E-state index contributed by atoms with van der Waals surface area (Å²) in [5.74, 6) is 1.59. The maximum absolute atomic E-state index is 11.6. The molecule has 7 heteroatoms. The number of carbonyl (C=O) groups excluding carboxylic acids is 1. The van der Waals surface area contributed by atoms with Crippen LogP contribution in [0.15, 0.2) is 41.3 Å². The van der Waals surface area contributed by atoms with Gasteiger partial charge in [0.15, 0.2) is 18.0 Å². The van der Waals surface area contributed by atoms with E-state index in [1.807, 2.05) is 29.2 Å². The molecule has 1 aliphatic rings. The molecule has 0 fully saturated rings. The van der Waals surface area contributed by atoms with Crippen LogP contribution in [0.1, 0.15) is 18.2 Å². The first-order chi connectivity index (χ1) is 11.7. The van der Waals surface area contributed by atoms with Gasteiger partial charge in [-0.2, -0.15) is 5.10 Å². The minimum Gasteiger partial charge on any atom is -0.444 e. The Labute approximate surface area is 138 Å². The van der Waals surface area contributed by atoms with Crippen molar-refractivity contribution in [1.82, 2.24) is 20.1 Å². The number of amides is 1. The third-order valence-electron chi connectivity index (χ3n) is 4.24. The zero-order valence-electron chi connectivity index (χ0n) is 13.2. The molecule has 1 aromatic carbocycles. The second kappa shape index (κ2) is 5.84. The molecule has 4 rings (SSSR count). The average Bonchev–Trinajstić information content (AvgIpc) is 3.25. The highest BCUT2D eigenvalue weighted by Gasteiger charge is 2.23. The summed E-state index contributed by atoms with van der Waals surface area (Å²) >= 11 is 0. The maximum atomic E-state index is 11.6. The quantitative estimate of drug-likeness (QED) is 0.774. The molecule has 122 valence electrons. The summed E-state index contributed by atoms with van der Waals surface area (Å²) in [6.45, 7) is 2.91. The molecule has 0 saturated carbocycles. The second-order valence-corrected chi connectivity index (χ2v) is 5.79. The van der Waals surface area contributed by atoms with Crippen molar-refractivity contribution in [2.24, 2.45) is 0 Å². The third-order valence-corrected chi connectivity index (χ3v) is 4.24. The number of aromatic amines is 1. The Balaban J connectivity index is 1.54. The molecular weight excluding hydrogens is 306 g/mol. The van der Waals surface area contributed by atoms with Gasteiger partial charge in [0.05, 0.1) is 12.7 Å². The van der Waals surface area contributed by atoms with Crippen molar-refractivity contribution in [1.29, 1.82) is 0 Å². The molecule has 0 aliphatic carbocycles. The fraction of sp³-hybridized carbons (Fsp3) is 0.235. The predicted molar refractivity (Wildman–Crippen MR) is 88.6 cm³/mol. The Bertz CT molecular complexity index is 852. The molecule has 7 nitrogen and oxygen atoms in total. The van der Waals surface area contributed by atoms with E-state index >= 15 is 0 Å². The summed E-state index contributed by atoms with van der Waals surface area (Å²) < 4.78 is 5.29. The van der Waals surface area contributed by atoms with E-state index in [4.69, 9.17) is 4.42 Å². The summed E-state index contributed by atoms with van der Waals surface area (Å²) in [5, 5.41) is 10.7. The largest absolute Gasteiger partial charge is 0.444 e. The number of oxazole rings is 1. The summed E-state index contributed by atoms with van der Waals surface area (Å²) in [4.78, 5) is 17.4. The first kappa shape index (κ1) is 14.5. The third kappa shape index (κ3) is 2.64. The second-order valence-electron chi connectivity index (χ2n) is 5.79. The van der Waals surface area contributed by atoms with Gasteiger partial charge in [0, 0.05) is 42.4 Å². The van der Waals surface area contributed by atoms with Crippen LogP contribution in [0.2, 0.25) is 0 Å². The maximum Gasteiger partial charge on any atom is 0.219 e. The normalized spacial score (nSPS) is 13.6. The number of aromatic nitrogens is 3. The van der Waals surface area contributed by atoms with Gasteiger partial charge >= 0.3 is 0 Å². The van der Waals surface area contributed by atoms with Gasteiger partial charge in [-0.1, -0.05) is 0 Å². The minimum atomic E-state index is 0.0872. The molecule has 3 heterocycles. The van der Waals surface area contributed by atoms with Crippen molar-refractivity contribution in [3.63, 3.8) is 0 Å². The van der Waals surface area contributed by atoms with Crippen LogP contribution in [-0.4, -0.2) is 32.5 Å². The smallest absolute Gasteiger partial charge is 0.219 e. The zero-order valence-corrected chi connectivity index (χ0v) is 13.2. The standard InChI is InChI=1S/C17H17N5O2/c1-11(23)22-7-6-15-14(9-22)17(21-20-15)19-13-4-2-12(3-5-13)16-8-18-10-24-16/h2-5,8,10H,6-7,9H2,1H3,(H2,19,20,21). The van der Waals surface area contributed by atoms with E-state index in [1.54, 1.807) is 13.1 Å². The Morgan fingerprint density at radius 1 is 1.33 bits per heavy atom. The number of anilines is 2. The van der Waals surface area contributed by atoms with E-state index in [1.165, 1.54) is 6.39 Å². The fourth-order valence-electron chi connectivity index (χ4n) is 2.88. The van der Waals surface area contributed by atoms with Crippen LogP contribution in [-0.2, 0) is 17.8 Å². The molecule has 1 amide bonds. The van der Waals surface area contributed by atoms with Crippen LogP contribution in [0.25, 0.3) is 11.3 Å². The van der Waals surface area contributed by atoms with Gasteiger partial charge in [-0.25, -0.2) is 4.98 Å². The molecular formula is C17H17N5O2. The summed E-state index contributed by atoms with van der Waals surface area (Å²) in [7, 11) is 0.